The molecule has 0 heterocycles. The number of halogens is 4. The van der Waals surface area contributed by atoms with Crippen molar-refractivity contribution in [2.24, 2.45) is 0 Å². The van der Waals surface area contributed by atoms with Gasteiger partial charge in [0.1, 0.15) is 5.82 Å². The van der Waals surface area contributed by atoms with Crippen molar-refractivity contribution in [3.05, 3.63) is 71.0 Å². The van der Waals surface area contributed by atoms with Gasteiger partial charge in [-0.1, -0.05) is 36.4 Å². The van der Waals surface area contributed by atoms with Gasteiger partial charge in [0, 0.05) is 0 Å². The van der Waals surface area contributed by atoms with Gasteiger partial charge < -0.3 is 0 Å². The molecule has 0 spiro atoms. The van der Waals surface area contributed by atoms with E-state index in [4.69, 9.17) is 0 Å². The highest BCUT2D eigenvalue weighted by Crippen LogP contribution is 2.32. The molecule has 0 saturated carbocycles. The van der Waals surface area contributed by atoms with E-state index in [1.807, 2.05) is 30.3 Å². The fourth-order valence-electron chi connectivity index (χ4n) is 1.88. The predicted molar refractivity (Wildman–Crippen MR) is 65.3 cm³/mol. The average molecular weight is 268 g/mol. The summed E-state index contributed by atoms with van der Waals surface area (Å²) in [4.78, 5) is 0. The third kappa shape index (κ3) is 3.56. The van der Waals surface area contributed by atoms with Gasteiger partial charge in [-0.15, -0.1) is 0 Å². The zero-order valence-electron chi connectivity index (χ0n) is 10.0. The van der Waals surface area contributed by atoms with Crippen molar-refractivity contribution in [3.8, 4) is 0 Å². The molecule has 0 aliphatic heterocycles. The summed E-state index contributed by atoms with van der Waals surface area (Å²) in [7, 11) is 0. The number of benzene rings is 2. The standard InChI is InChI=1S/C15H12F4/c16-14-9-8-12(10-13(14)15(17,18)19)7-6-11-4-2-1-3-5-11/h1-5,8-10H,6-7H2. The molecule has 19 heavy (non-hydrogen) atoms. The molecule has 0 atom stereocenters. The van der Waals surface area contributed by atoms with Crippen molar-refractivity contribution in [2.45, 2.75) is 19.0 Å². The van der Waals surface area contributed by atoms with Gasteiger partial charge in [0.05, 0.1) is 5.56 Å². The molecule has 4 heteroatoms. The normalized spacial score (nSPS) is 11.6. The van der Waals surface area contributed by atoms with Gasteiger partial charge >= 0.3 is 6.18 Å². The van der Waals surface area contributed by atoms with Crippen molar-refractivity contribution in [2.75, 3.05) is 0 Å². The number of alkyl halides is 3. The third-order valence-electron chi connectivity index (χ3n) is 2.88. The quantitative estimate of drug-likeness (QED) is 0.712. The first-order valence-corrected chi connectivity index (χ1v) is 5.86. The van der Waals surface area contributed by atoms with Crippen molar-refractivity contribution in [1.82, 2.24) is 0 Å². The maximum Gasteiger partial charge on any atom is 0.419 e. The molecule has 0 aliphatic carbocycles. The summed E-state index contributed by atoms with van der Waals surface area (Å²) in [6, 6.07) is 12.6. The van der Waals surface area contributed by atoms with Gasteiger partial charge in [0.15, 0.2) is 0 Å². The third-order valence-corrected chi connectivity index (χ3v) is 2.88. The van der Waals surface area contributed by atoms with Crippen LogP contribution in [0.5, 0.6) is 0 Å². The molecule has 0 nitrogen and oxygen atoms in total. The Morgan fingerprint density at radius 1 is 0.789 bits per heavy atom. The summed E-state index contributed by atoms with van der Waals surface area (Å²) in [5.41, 5.74) is 0.330. The van der Waals surface area contributed by atoms with Crippen LogP contribution in [0.25, 0.3) is 0 Å². The molecule has 0 aliphatic rings. The largest absolute Gasteiger partial charge is 0.419 e. The van der Waals surface area contributed by atoms with E-state index < -0.39 is 17.6 Å². The van der Waals surface area contributed by atoms with E-state index in [9.17, 15) is 17.6 Å². The molecule has 0 aromatic heterocycles. The Morgan fingerprint density at radius 2 is 1.42 bits per heavy atom. The second-order valence-electron chi connectivity index (χ2n) is 4.30. The van der Waals surface area contributed by atoms with Crippen molar-refractivity contribution in [3.63, 3.8) is 0 Å². The summed E-state index contributed by atoms with van der Waals surface area (Å²) in [5, 5.41) is 0. The lowest BCUT2D eigenvalue weighted by Gasteiger charge is -2.10. The van der Waals surface area contributed by atoms with Gasteiger partial charge in [-0.05, 0) is 36.1 Å². The highest BCUT2D eigenvalue weighted by molar-refractivity contribution is 5.28. The van der Waals surface area contributed by atoms with Crippen molar-refractivity contribution >= 4 is 0 Å². The summed E-state index contributed by atoms with van der Waals surface area (Å²) >= 11 is 0. The zero-order valence-corrected chi connectivity index (χ0v) is 10.0. The smallest absolute Gasteiger partial charge is 0.206 e. The summed E-state index contributed by atoms with van der Waals surface area (Å²) in [6.45, 7) is 0. The predicted octanol–water partition coefficient (Wildman–Crippen LogP) is 4.63. The lowest BCUT2D eigenvalue weighted by Crippen LogP contribution is -2.09. The molecule has 0 saturated heterocycles. The van der Waals surface area contributed by atoms with Crippen LogP contribution in [0.15, 0.2) is 48.5 Å². The van der Waals surface area contributed by atoms with Crippen LogP contribution in [0.4, 0.5) is 17.6 Å². The second kappa shape index (κ2) is 5.43. The van der Waals surface area contributed by atoms with Crippen LogP contribution in [-0.4, -0.2) is 0 Å². The average Bonchev–Trinajstić information content (AvgIpc) is 2.37. The second-order valence-corrected chi connectivity index (χ2v) is 4.30. The first-order chi connectivity index (χ1) is 8.97. The Hall–Kier alpha value is -1.84. The molecule has 0 fully saturated rings. The molecule has 0 unspecified atom stereocenters. The van der Waals surface area contributed by atoms with E-state index in [0.717, 1.165) is 17.7 Å². The Balaban J connectivity index is 2.14. The van der Waals surface area contributed by atoms with Gasteiger partial charge in [0.25, 0.3) is 0 Å². The molecule has 2 aromatic carbocycles. The summed E-state index contributed by atoms with van der Waals surface area (Å²) in [5.74, 6) is -1.23. The first-order valence-electron chi connectivity index (χ1n) is 5.86. The van der Waals surface area contributed by atoms with Crippen molar-refractivity contribution in [1.29, 1.82) is 0 Å². The zero-order chi connectivity index (χ0) is 13.9. The Morgan fingerprint density at radius 3 is 2.05 bits per heavy atom. The lowest BCUT2D eigenvalue weighted by molar-refractivity contribution is -0.140. The first kappa shape index (κ1) is 13.6. The van der Waals surface area contributed by atoms with E-state index in [1.165, 1.54) is 6.07 Å². The minimum Gasteiger partial charge on any atom is -0.206 e. The van der Waals surface area contributed by atoms with Crippen LogP contribution in [0.3, 0.4) is 0 Å². The number of rotatable bonds is 3. The summed E-state index contributed by atoms with van der Waals surface area (Å²) in [6.07, 6.45) is -3.57. The van der Waals surface area contributed by atoms with E-state index in [-0.39, 0.29) is 0 Å². The fourth-order valence-corrected chi connectivity index (χ4v) is 1.88. The van der Waals surface area contributed by atoms with E-state index in [1.54, 1.807) is 0 Å². The lowest BCUT2D eigenvalue weighted by atomic mass is 10.0. The minimum absolute atomic E-state index is 0.452. The molecule has 0 bridgehead atoms. The Labute approximate surface area is 108 Å². The Kier molecular flexibility index (Phi) is 3.88. The van der Waals surface area contributed by atoms with Gasteiger partial charge in [-0.25, -0.2) is 4.39 Å². The molecular formula is C15H12F4. The maximum absolute atomic E-state index is 13.1. The van der Waals surface area contributed by atoms with E-state index in [0.29, 0.717) is 18.4 Å². The fraction of sp³-hybridized carbons (Fsp3) is 0.200. The van der Waals surface area contributed by atoms with Crippen LogP contribution in [-0.2, 0) is 19.0 Å². The van der Waals surface area contributed by atoms with Crippen LogP contribution in [0, 0.1) is 5.82 Å². The van der Waals surface area contributed by atoms with Gasteiger partial charge in [-0.2, -0.15) is 13.2 Å². The molecule has 2 aromatic rings. The SMILES string of the molecule is Fc1ccc(CCc2ccccc2)cc1C(F)(F)F. The summed E-state index contributed by atoms with van der Waals surface area (Å²) < 4.78 is 50.8. The molecular weight excluding hydrogens is 256 g/mol. The molecule has 0 radical (unpaired) electrons. The Bertz CT molecular complexity index is 544. The van der Waals surface area contributed by atoms with Crippen LogP contribution in [0.2, 0.25) is 0 Å². The van der Waals surface area contributed by atoms with E-state index >= 15 is 0 Å². The topological polar surface area (TPSA) is 0 Å². The molecule has 0 amide bonds. The maximum atomic E-state index is 13.1. The minimum atomic E-state index is -4.65. The van der Waals surface area contributed by atoms with E-state index in [2.05, 4.69) is 0 Å². The van der Waals surface area contributed by atoms with Crippen LogP contribution < -0.4 is 0 Å². The number of hydrogen-bond acceptors (Lipinski definition) is 0. The van der Waals surface area contributed by atoms with Gasteiger partial charge in [-0.3, -0.25) is 0 Å². The highest BCUT2D eigenvalue weighted by atomic mass is 19.4. The monoisotopic (exact) mass is 268 g/mol. The molecule has 0 N–H and O–H groups in total. The number of hydrogen-bond donors (Lipinski definition) is 0. The van der Waals surface area contributed by atoms with Crippen LogP contribution in [0.1, 0.15) is 16.7 Å². The highest BCUT2D eigenvalue weighted by Gasteiger charge is 2.34. The van der Waals surface area contributed by atoms with Crippen molar-refractivity contribution < 1.29 is 17.6 Å². The van der Waals surface area contributed by atoms with Gasteiger partial charge in [0.2, 0.25) is 0 Å². The molecule has 2 rings (SSSR count). The van der Waals surface area contributed by atoms with Crippen LogP contribution >= 0.6 is 0 Å². The molecule has 100 valence electrons. The number of aryl methyl sites for hydroxylation is 2.